The van der Waals surface area contributed by atoms with Gasteiger partial charge in [-0.3, -0.25) is 4.79 Å². The Morgan fingerprint density at radius 3 is 2.63 bits per heavy atom. The molecule has 0 saturated carbocycles. The minimum Gasteiger partial charge on any atom is -0.383 e. The van der Waals surface area contributed by atoms with Crippen molar-refractivity contribution in [2.45, 2.75) is 38.9 Å². The smallest absolute Gasteiger partial charge is 0.224 e. The highest BCUT2D eigenvalue weighted by atomic mass is 32.1. The maximum atomic E-state index is 13.1. The number of halogens is 1. The topological polar surface area (TPSA) is 67.8 Å². The van der Waals surface area contributed by atoms with Crippen LogP contribution in [0.4, 0.5) is 9.52 Å². The van der Waals surface area contributed by atoms with Gasteiger partial charge in [-0.1, -0.05) is 12.1 Å². The number of anilines is 1. The molecule has 30 heavy (non-hydrogen) atoms. The number of carbonyl (C=O) groups is 1. The molecule has 0 N–H and O–H groups in total. The molecule has 2 heterocycles. The average Bonchev–Trinajstić information content (AvgIpc) is 3.17. The van der Waals surface area contributed by atoms with Gasteiger partial charge in [0.1, 0.15) is 11.6 Å². The zero-order valence-corrected chi connectivity index (χ0v) is 18.5. The molecule has 2 unspecified atom stereocenters. The van der Waals surface area contributed by atoms with Crippen molar-refractivity contribution in [1.82, 2.24) is 14.3 Å². The van der Waals surface area contributed by atoms with Crippen molar-refractivity contribution in [3.63, 3.8) is 0 Å². The van der Waals surface area contributed by atoms with Crippen molar-refractivity contribution >= 4 is 22.6 Å². The molecule has 1 fully saturated rings. The second-order valence-corrected chi connectivity index (χ2v) is 8.31. The zero-order chi connectivity index (χ0) is 21.5. The monoisotopic (exact) mass is 436 g/mol. The first-order chi connectivity index (χ1) is 14.4. The number of methoxy groups -OCH3 is 1. The Kier molecular flexibility index (Phi) is 8.12. The molecule has 3 rings (SSSR count). The zero-order valence-electron chi connectivity index (χ0n) is 17.7. The van der Waals surface area contributed by atoms with E-state index in [-0.39, 0.29) is 23.9 Å². The fraction of sp³-hybridized carbons (Fsp3) is 0.571. The lowest BCUT2D eigenvalue weighted by Gasteiger charge is -2.35. The summed E-state index contributed by atoms with van der Waals surface area (Å²) in [4.78, 5) is 21.3. The summed E-state index contributed by atoms with van der Waals surface area (Å²) in [5, 5.41) is 0.765. The van der Waals surface area contributed by atoms with Crippen molar-refractivity contribution in [2.75, 3.05) is 44.8 Å². The predicted octanol–water partition coefficient (Wildman–Crippen LogP) is 2.75. The van der Waals surface area contributed by atoms with Crippen LogP contribution in [0.3, 0.4) is 0 Å². The van der Waals surface area contributed by atoms with E-state index in [1.54, 1.807) is 19.2 Å². The van der Waals surface area contributed by atoms with Crippen LogP contribution in [0.1, 0.15) is 31.7 Å². The Balaban J connectivity index is 1.60. The number of carbonyl (C=O) groups excluding carboxylic acids is 1. The molecule has 0 bridgehead atoms. The van der Waals surface area contributed by atoms with Crippen molar-refractivity contribution in [1.29, 1.82) is 0 Å². The number of benzene rings is 1. The summed E-state index contributed by atoms with van der Waals surface area (Å²) in [5.74, 6) is 0.548. The summed E-state index contributed by atoms with van der Waals surface area (Å²) < 4.78 is 28.5. The van der Waals surface area contributed by atoms with Crippen molar-refractivity contribution < 1.29 is 18.7 Å². The highest BCUT2D eigenvalue weighted by Crippen LogP contribution is 2.20. The third-order valence-corrected chi connectivity index (χ3v) is 5.75. The van der Waals surface area contributed by atoms with Gasteiger partial charge < -0.3 is 19.3 Å². The van der Waals surface area contributed by atoms with Crippen LogP contribution in [0, 0.1) is 5.82 Å². The van der Waals surface area contributed by atoms with Crippen LogP contribution in [-0.4, -0.2) is 72.3 Å². The normalized spacial score (nSPS) is 19.1. The highest BCUT2D eigenvalue weighted by Gasteiger charge is 2.26. The lowest BCUT2D eigenvalue weighted by molar-refractivity contribution is -0.143. The number of nitrogens with zero attached hydrogens (tertiary/aromatic N) is 4. The molecule has 1 aliphatic heterocycles. The minimum absolute atomic E-state index is 0.0551. The summed E-state index contributed by atoms with van der Waals surface area (Å²) in [7, 11) is 1.65. The van der Waals surface area contributed by atoms with Gasteiger partial charge in [0, 0.05) is 57.7 Å². The molecule has 1 amide bonds. The second kappa shape index (κ2) is 10.8. The molecular formula is C21H29FN4O3S. The van der Waals surface area contributed by atoms with Gasteiger partial charge in [-0.2, -0.15) is 4.37 Å². The maximum absolute atomic E-state index is 13.1. The molecule has 1 aliphatic rings. The fourth-order valence-electron chi connectivity index (χ4n) is 3.50. The molecule has 2 atom stereocenters. The number of aromatic nitrogens is 2. The molecule has 164 valence electrons. The Hall–Kier alpha value is -2.10. The van der Waals surface area contributed by atoms with E-state index in [0.29, 0.717) is 51.5 Å². The van der Waals surface area contributed by atoms with E-state index in [4.69, 9.17) is 9.47 Å². The minimum atomic E-state index is -0.259. The van der Waals surface area contributed by atoms with Crippen LogP contribution < -0.4 is 4.90 Å². The Bertz CT molecular complexity index is 807. The summed E-state index contributed by atoms with van der Waals surface area (Å²) in [5.41, 5.74) is 0.954. The molecule has 0 radical (unpaired) electrons. The van der Waals surface area contributed by atoms with Crippen LogP contribution in [0.15, 0.2) is 24.3 Å². The maximum Gasteiger partial charge on any atom is 0.224 e. The quantitative estimate of drug-likeness (QED) is 0.602. The van der Waals surface area contributed by atoms with E-state index in [2.05, 4.69) is 9.36 Å². The molecular weight excluding hydrogens is 407 g/mol. The van der Waals surface area contributed by atoms with Gasteiger partial charge in [0.2, 0.25) is 11.0 Å². The Morgan fingerprint density at radius 2 is 1.97 bits per heavy atom. The van der Waals surface area contributed by atoms with E-state index < -0.39 is 0 Å². The number of morpholine rings is 1. The van der Waals surface area contributed by atoms with E-state index in [9.17, 15) is 9.18 Å². The predicted molar refractivity (Wildman–Crippen MR) is 114 cm³/mol. The Labute approximate surface area is 181 Å². The number of rotatable bonds is 9. The number of hydrogen-bond donors (Lipinski definition) is 0. The second-order valence-electron chi connectivity index (χ2n) is 7.58. The van der Waals surface area contributed by atoms with E-state index in [1.807, 2.05) is 23.6 Å². The summed E-state index contributed by atoms with van der Waals surface area (Å²) in [6, 6.07) is 6.35. The average molecular weight is 437 g/mol. The van der Waals surface area contributed by atoms with Gasteiger partial charge in [-0.25, -0.2) is 9.37 Å². The first-order valence-corrected chi connectivity index (χ1v) is 11.0. The summed E-state index contributed by atoms with van der Waals surface area (Å²) >= 11 is 1.31. The van der Waals surface area contributed by atoms with Crippen LogP contribution in [0.25, 0.3) is 0 Å². The molecule has 1 saturated heterocycles. The number of amides is 1. The molecule has 0 spiro atoms. The van der Waals surface area contributed by atoms with Crippen LogP contribution >= 0.6 is 11.5 Å². The van der Waals surface area contributed by atoms with Gasteiger partial charge in [-0.15, -0.1) is 0 Å². The summed E-state index contributed by atoms with van der Waals surface area (Å²) in [6.07, 6.45) is 1.05. The molecule has 0 aliphatic carbocycles. The first-order valence-electron chi connectivity index (χ1n) is 10.2. The Morgan fingerprint density at radius 1 is 1.27 bits per heavy atom. The van der Waals surface area contributed by atoms with E-state index >= 15 is 0 Å². The van der Waals surface area contributed by atoms with Crippen LogP contribution in [-0.2, 0) is 20.7 Å². The summed E-state index contributed by atoms with van der Waals surface area (Å²) in [6.45, 7) is 6.95. The van der Waals surface area contributed by atoms with E-state index in [0.717, 1.165) is 10.7 Å². The lowest BCUT2D eigenvalue weighted by Crippen LogP contribution is -2.48. The molecule has 2 aromatic rings. The lowest BCUT2D eigenvalue weighted by atomic mass is 10.1. The molecule has 7 nitrogen and oxygen atoms in total. The molecule has 1 aromatic heterocycles. The van der Waals surface area contributed by atoms with Crippen LogP contribution in [0.2, 0.25) is 0 Å². The van der Waals surface area contributed by atoms with Crippen molar-refractivity contribution in [2.24, 2.45) is 0 Å². The van der Waals surface area contributed by atoms with Gasteiger partial charge >= 0.3 is 0 Å². The van der Waals surface area contributed by atoms with Gasteiger partial charge in [0.15, 0.2) is 0 Å². The van der Waals surface area contributed by atoms with Crippen LogP contribution in [0.5, 0.6) is 0 Å². The third kappa shape index (κ3) is 6.45. The van der Waals surface area contributed by atoms with Gasteiger partial charge in [0.25, 0.3) is 0 Å². The number of hydrogen-bond acceptors (Lipinski definition) is 7. The molecule has 1 aromatic carbocycles. The highest BCUT2D eigenvalue weighted by molar-refractivity contribution is 7.09. The van der Waals surface area contributed by atoms with Crippen molar-refractivity contribution in [3.05, 3.63) is 41.5 Å². The fourth-order valence-corrected chi connectivity index (χ4v) is 4.24. The van der Waals surface area contributed by atoms with Gasteiger partial charge in [0.05, 0.1) is 18.8 Å². The molecule has 9 heteroatoms. The van der Waals surface area contributed by atoms with E-state index in [1.165, 1.54) is 23.7 Å². The number of ether oxygens (including phenoxy) is 2. The first kappa shape index (κ1) is 22.6. The third-order valence-electron chi connectivity index (χ3n) is 4.94. The standard InChI is InChI=1S/C21H29FN4O3S/c1-15-13-26(14-16(2)29-15)20(27)8-9-25(10-11-28-3)21-23-19(24-30-21)12-17-4-6-18(22)7-5-17/h4-7,15-16H,8-14H2,1-3H3. The van der Waals surface area contributed by atoms with Crippen molar-refractivity contribution in [3.8, 4) is 0 Å². The SMILES string of the molecule is COCCN(CCC(=O)N1CC(C)OC(C)C1)c1nc(Cc2ccc(F)cc2)ns1. The van der Waals surface area contributed by atoms with Gasteiger partial charge in [-0.05, 0) is 31.5 Å². The largest absolute Gasteiger partial charge is 0.383 e.